The Labute approximate surface area is 220 Å². The molecule has 0 saturated heterocycles. The van der Waals surface area contributed by atoms with E-state index in [1.165, 1.54) is 4.68 Å². The van der Waals surface area contributed by atoms with Crippen molar-refractivity contribution in [3.05, 3.63) is 106 Å². The number of hydrogen-bond donors (Lipinski definition) is 0. The summed E-state index contributed by atoms with van der Waals surface area (Å²) >= 11 is 0. The third kappa shape index (κ3) is 4.32. The van der Waals surface area contributed by atoms with Crippen LogP contribution in [-0.4, -0.2) is 32.4 Å². The lowest BCUT2D eigenvalue weighted by atomic mass is 9.80. The van der Waals surface area contributed by atoms with Gasteiger partial charge in [0.1, 0.15) is 5.76 Å². The van der Waals surface area contributed by atoms with Crippen molar-refractivity contribution in [3.63, 3.8) is 0 Å². The zero-order valence-electron chi connectivity index (χ0n) is 21.4. The summed E-state index contributed by atoms with van der Waals surface area (Å²) in [6.07, 6.45) is 3.14. The van der Waals surface area contributed by atoms with Crippen molar-refractivity contribution in [1.29, 1.82) is 0 Å². The highest BCUT2D eigenvalue weighted by Crippen LogP contribution is 2.36. The smallest absolute Gasteiger partial charge is 0.246 e. The first-order valence-corrected chi connectivity index (χ1v) is 13.3. The van der Waals surface area contributed by atoms with Crippen LogP contribution >= 0.6 is 0 Å². The van der Waals surface area contributed by atoms with Gasteiger partial charge in [-0.15, -0.1) is 0 Å². The highest BCUT2D eigenvalue weighted by atomic mass is 16.5. The van der Waals surface area contributed by atoms with Crippen molar-refractivity contribution in [2.24, 2.45) is 0 Å². The number of carbonyl (C=O) groups excluding carboxylic acids is 3. The third-order valence-corrected chi connectivity index (χ3v) is 7.86. The SMILES string of the molecule is CCC(=O)n1nc(CCc2noc3c2C(=O)CC(c2ccccc2)C3)c2c1CC(c1ccccc1)CC2=O. The summed E-state index contributed by atoms with van der Waals surface area (Å²) in [5.41, 5.74) is 5.24. The number of ketones is 2. The van der Waals surface area contributed by atoms with E-state index in [-0.39, 0.29) is 29.3 Å². The molecule has 6 rings (SSSR count). The molecule has 0 radical (unpaired) electrons. The van der Waals surface area contributed by atoms with E-state index in [1.54, 1.807) is 6.92 Å². The van der Waals surface area contributed by atoms with Crippen molar-refractivity contribution in [2.75, 3.05) is 0 Å². The average Bonchev–Trinajstić information content (AvgIpc) is 3.54. The minimum absolute atomic E-state index is 0.00853. The van der Waals surface area contributed by atoms with Crippen LogP contribution in [0.1, 0.15) is 97.5 Å². The maximum atomic E-state index is 13.4. The molecule has 7 heteroatoms. The van der Waals surface area contributed by atoms with Gasteiger partial charge in [-0.3, -0.25) is 14.4 Å². The number of fused-ring (bicyclic) bond motifs is 2. The first-order valence-electron chi connectivity index (χ1n) is 13.3. The molecule has 4 aromatic rings. The standard InChI is InChI=1S/C31H29N3O4/c1-2-29(37)34-25-15-21(19-9-5-3-6-10-19)16-26(35)30(25)23(32-34)13-14-24-31-27(36)17-22(18-28(31)38-33-24)20-11-7-4-8-12-20/h3-12,21-22H,2,13-18H2,1H3. The van der Waals surface area contributed by atoms with Crippen LogP contribution in [0.3, 0.4) is 0 Å². The Balaban J connectivity index is 1.26. The number of rotatable bonds is 6. The Morgan fingerprint density at radius 2 is 1.39 bits per heavy atom. The van der Waals surface area contributed by atoms with Gasteiger partial charge < -0.3 is 4.52 Å². The van der Waals surface area contributed by atoms with Gasteiger partial charge in [-0.25, -0.2) is 4.68 Å². The van der Waals surface area contributed by atoms with Crippen LogP contribution in [-0.2, 0) is 25.7 Å². The maximum absolute atomic E-state index is 13.4. The molecule has 0 aliphatic heterocycles. The minimum Gasteiger partial charge on any atom is -0.360 e. The summed E-state index contributed by atoms with van der Waals surface area (Å²) in [7, 11) is 0. The second-order valence-electron chi connectivity index (χ2n) is 10.2. The summed E-state index contributed by atoms with van der Waals surface area (Å²) in [6.45, 7) is 1.80. The molecule has 38 heavy (non-hydrogen) atoms. The van der Waals surface area contributed by atoms with E-state index in [0.29, 0.717) is 78.9 Å². The molecule has 2 aliphatic carbocycles. The third-order valence-electron chi connectivity index (χ3n) is 7.86. The van der Waals surface area contributed by atoms with Crippen LogP contribution in [0, 0.1) is 0 Å². The molecule has 2 heterocycles. The van der Waals surface area contributed by atoms with Crippen LogP contribution in [0.4, 0.5) is 0 Å². The molecule has 2 atom stereocenters. The first kappa shape index (κ1) is 24.2. The topological polar surface area (TPSA) is 95.1 Å². The van der Waals surface area contributed by atoms with Crippen LogP contribution in [0.2, 0.25) is 0 Å². The summed E-state index contributed by atoms with van der Waals surface area (Å²) < 4.78 is 7.07. The van der Waals surface area contributed by atoms with E-state index in [2.05, 4.69) is 10.3 Å². The van der Waals surface area contributed by atoms with Crippen molar-refractivity contribution >= 4 is 17.5 Å². The normalized spacial score (nSPS) is 18.8. The Bertz CT molecular complexity index is 1520. The van der Waals surface area contributed by atoms with E-state index in [4.69, 9.17) is 4.52 Å². The highest BCUT2D eigenvalue weighted by molar-refractivity contribution is 6.01. The fourth-order valence-corrected chi connectivity index (χ4v) is 5.95. The number of aromatic nitrogens is 3. The molecule has 2 aliphatic rings. The van der Waals surface area contributed by atoms with E-state index in [1.807, 2.05) is 60.7 Å². The van der Waals surface area contributed by atoms with Gasteiger partial charge in [0.2, 0.25) is 5.91 Å². The van der Waals surface area contributed by atoms with E-state index in [0.717, 1.165) is 11.1 Å². The predicted octanol–water partition coefficient (Wildman–Crippen LogP) is 5.53. The van der Waals surface area contributed by atoms with Crippen molar-refractivity contribution in [2.45, 2.75) is 63.7 Å². The summed E-state index contributed by atoms with van der Waals surface area (Å²) in [5.74, 6) is 0.633. The van der Waals surface area contributed by atoms with Gasteiger partial charge in [-0.05, 0) is 42.2 Å². The number of benzene rings is 2. The number of nitrogens with zero attached hydrogens (tertiary/aromatic N) is 3. The Hall–Kier alpha value is -4.13. The van der Waals surface area contributed by atoms with Gasteiger partial charge in [-0.1, -0.05) is 72.7 Å². The lowest BCUT2D eigenvalue weighted by Crippen LogP contribution is -2.23. The zero-order valence-corrected chi connectivity index (χ0v) is 21.4. The summed E-state index contributed by atoms with van der Waals surface area (Å²) in [5, 5.41) is 8.88. The minimum atomic E-state index is -0.130. The first-order chi connectivity index (χ1) is 18.5. The number of carbonyl (C=O) groups is 3. The molecular formula is C31H29N3O4. The number of aryl methyl sites for hydroxylation is 2. The van der Waals surface area contributed by atoms with Crippen molar-refractivity contribution < 1.29 is 18.9 Å². The Morgan fingerprint density at radius 3 is 2.03 bits per heavy atom. The second kappa shape index (κ2) is 9.97. The summed E-state index contributed by atoms with van der Waals surface area (Å²) in [6, 6.07) is 20.0. The quantitative estimate of drug-likeness (QED) is 0.340. The molecule has 0 bridgehead atoms. The van der Waals surface area contributed by atoms with Crippen molar-refractivity contribution in [3.8, 4) is 0 Å². The molecular weight excluding hydrogens is 478 g/mol. The van der Waals surface area contributed by atoms with Crippen molar-refractivity contribution in [1.82, 2.24) is 14.9 Å². The Kier molecular flexibility index (Phi) is 6.35. The molecule has 192 valence electrons. The van der Waals surface area contributed by atoms with E-state index >= 15 is 0 Å². The second-order valence-corrected chi connectivity index (χ2v) is 10.2. The molecule has 2 unspecified atom stereocenters. The summed E-state index contributed by atoms with van der Waals surface area (Å²) in [4.78, 5) is 39.3. The molecule has 0 amide bonds. The van der Waals surface area contributed by atoms with Gasteiger partial charge in [0.25, 0.3) is 0 Å². The molecule has 2 aromatic heterocycles. The lowest BCUT2D eigenvalue weighted by molar-refractivity contribution is 0.0886. The largest absolute Gasteiger partial charge is 0.360 e. The Morgan fingerprint density at radius 1 is 0.816 bits per heavy atom. The lowest BCUT2D eigenvalue weighted by Gasteiger charge is -2.23. The molecule has 7 nitrogen and oxygen atoms in total. The number of hydrogen-bond acceptors (Lipinski definition) is 6. The van der Waals surface area contributed by atoms with E-state index in [9.17, 15) is 14.4 Å². The van der Waals surface area contributed by atoms with Crippen LogP contribution in [0.5, 0.6) is 0 Å². The van der Waals surface area contributed by atoms with Gasteiger partial charge in [0, 0.05) is 25.7 Å². The molecule has 0 saturated carbocycles. The zero-order chi connectivity index (χ0) is 26.2. The van der Waals surface area contributed by atoms with Crippen LogP contribution in [0.15, 0.2) is 65.2 Å². The molecule has 0 spiro atoms. The predicted molar refractivity (Wildman–Crippen MR) is 141 cm³/mol. The molecule has 2 aromatic carbocycles. The van der Waals surface area contributed by atoms with Gasteiger partial charge in [-0.2, -0.15) is 5.10 Å². The van der Waals surface area contributed by atoms with E-state index < -0.39 is 0 Å². The maximum Gasteiger partial charge on any atom is 0.246 e. The average molecular weight is 508 g/mol. The molecule has 0 fully saturated rings. The van der Waals surface area contributed by atoms with Crippen LogP contribution < -0.4 is 0 Å². The van der Waals surface area contributed by atoms with Gasteiger partial charge >= 0.3 is 0 Å². The molecule has 0 N–H and O–H groups in total. The van der Waals surface area contributed by atoms with Gasteiger partial charge in [0.15, 0.2) is 11.6 Å². The monoisotopic (exact) mass is 507 g/mol. The fraction of sp³-hybridized carbons (Fsp3) is 0.323. The number of Topliss-reactive ketones (excluding diaryl/α,β-unsaturated/α-hetero) is 2. The van der Waals surface area contributed by atoms with Crippen LogP contribution in [0.25, 0.3) is 0 Å². The fourth-order valence-electron chi connectivity index (χ4n) is 5.95. The van der Waals surface area contributed by atoms with Gasteiger partial charge in [0.05, 0.1) is 28.2 Å². The highest BCUT2D eigenvalue weighted by Gasteiger charge is 2.35.